The molecule has 1 aliphatic heterocycles. The maximum atomic E-state index is 13.4. The van der Waals surface area contributed by atoms with Gasteiger partial charge in [0.2, 0.25) is 11.8 Å². The molecule has 1 aromatic heterocycles. The predicted molar refractivity (Wildman–Crippen MR) is 176 cm³/mol. The van der Waals surface area contributed by atoms with Gasteiger partial charge >= 0.3 is 11.9 Å². The molecule has 2 amide bonds. The van der Waals surface area contributed by atoms with Gasteiger partial charge in [-0.25, -0.2) is 4.79 Å². The van der Waals surface area contributed by atoms with Crippen molar-refractivity contribution < 1.29 is 33.4 Å². The van der Waals surface area contributed by atoms with Crippen molar-refractivity contribution >= 4 is 46.7 Å². The minimum absolute atomic E-state index is 0.0367. The lowest BCUT2D eigenvalue weighted by molar-refractivity contribution is -0.176. The van der Waals surface area contributed by atoms with Crippen molar-refractivity contribution in [2.45, 2.75) is 97.0 Å². The summed E-state index contributed by atoms with van der Waals surface area (Å²) in [6.45, 7) is 9.61. The molecule has 0 spiro atoms. The Morgan fingerprint density at radius 3 is 2.49 bits per heavy atom. The number of esters is 2. The molecule has 0 aromatic carbocycles. The van der Waals surface area contributed by atoms with E-state index < -0.39 is 47.9 Å². The molecule has 11 heteroatoms. The topological polar surface area (TPSA) is 120 Å². The van der Waals surface area contributed by atoms with Crippen LogP contribution in [-0.4, -0.2) is 61.8 Å². The van der Waals surface area contributed by atoms with E-state index in [0.29, 0.717) is 17.9 Å². The van der Waals surface area contributed by atoms with E-state index in [1.165, 1.54) is 11.0 Å². The number of hydrogen-bond donors (Lipinski definition) is 2. The zero-order valence-corrected chi connectivity index (χ0v) is 28.6. The summed E-state index contributed by atoms with van der Waals surface area (Å²) in [4.78, 5) is 54.1. The highest BCUT2D eigenvalue weighted by Crippen LogP contribution is 2.31. The summed E-state index contributed by atoms with van der Waals surface area (Å²) in [7, 11) is 1.58. The Morgan fingerprint density at radius 2 is 1.84 bits per heavy atom. The second-order valence-electron chi connectivity index (χ2n) is 12.5. The summed E-state index contributed by atoms with van der Waals surface area (Å²) in [6.07, 6.45) is 6.89. The van der Waals surface area contributed by atoms with Crippen molar-refractivity contribution in [2.24, 2.45) is 17.8 Å². The van der Waals surface area contributed by atoms with Gasteiger partial charge in [0.25, 0.3) is 0 Å². The molecule has 2 N–H and O–H groups in total. The highest BCUT2D eigenvalue weighted by atomic mass is 35.5. The number of rotatable bonds is 9. The van der Waals surface area contributed by atoms with Gasteiger partial charge in [0.15, 0.2) is 6.10 Å². The molecule has 9 nitrogen and oxygen atoms in total. The fourth-order valence-electron chi connectivity index (χ4n) is 5.38. The monoisotopic (exact) mass is 662 g/mol. The van der Waals surface area contributed by atoms with Gasteiger partial charge in [-0.15, -0.1) is 11.3 Å². The normalized spacial score (nSPS) is 27.8. The van der Waals surface area contributed by atoms with Crippen LogP contribution in [-0.2, 0) is 33.4 Å². The third-order valence-corrected chi connectivity index (χ3v) is 9.52. The van der Waals surface area contributed by atoms with E-state index in [-0.39, 0.29) is 43.2 Å². The molecule has 0 bridgehead atoms. The molecule has 0 saturated carbocycles. The number of halogens is 1. The van der Waals surface area contributed by atoms with Crippen LogP contribution in [0.1, 0.15) is 77.5 Å². The molecule has 0 fully saturated rings. The lowest BCUT2D eigenvalue weighted by atomic mass is 9.90. The van der Waals surface area contributed by atoms with Gasteiger partial charge in [-0.2, -0.15) is 0 Å². The van der Waals surface area contributed by atoms with Gasteiger partial charge < -0.3 is 24.8 Å². The summed E-state index contributed by atoms with van der Waals surface area (Å²) in [5.74, 6) is -2.63. The zero-order chi connectivity index (χ0) is 33.1. The van der Waals surface area contributed by atoms with Crippen LogP contribution in [0.2, 0.25) is 0 Å². The highest BCUT2D eigenvalue weighted by molar-refractivity contribution is 7.10. The standard InChI is InChI=1S/C34H47ClN2O7S/c1-20(2)15-29-34(41)43-27(21(3)16-22(4)30-10-8-14-45-30)9-7-11-31(38)37-26(32(39)36-19-23(5)33(40)44-29)18-24-12-13-28(42-6)25(35)17-24/h7-8,10-12,14,17,20-23,26-29H,9,13,15-16,18-19H2,1-6H3,(H,36,39)(H,37,38)/b11-7+/t21-,22?,23-,26-,27+,28?,29+/m1/s1. The Hall–Kier alpha value is -2.95. The van der Waals surface area contributed by atoms with Crippen LogP contribution < -0.4 is 10.6 Å². The van der Waals surface area contributed by atoms with Crippen LogP contribution in [0.5, 0.6) is 0 Å². The van der Waals surface area contributed by atoms with Crippen molar-refractivity contribution in [1.29, 1.82) is 0 Å². The minimum Gasteiger partial charge on any atom is -0.459 e. The summed E-state index contributed by atoms with van der Waals surface area (Å²) in [5.41, 5.74) is 0.789. The fourth-order valence-corrected chi connectivity index (χ4v) is 6.50. The maximum absolute atomic E-state index is 13.4. The quantitative estimate of drug-likeness (QED) is 0.321. The third kappa shape index (κ3) is 11.4. The second-order valence-corrected chi connectivity index (χ2v) is 13.9. The summed E-state index contributed by atoms with van der Waals surface area (Å²) < 4.78 is 17.1. The van der Waals surface area contributed by atoms with E-state index in [9.17, 15) is 19.2 Å². The van der Waals surface area contributed by atoms with Crippen LogP contribution in [0.25, 0.3) is 0 Å². The predicted octanol–water partition coefficient (Wildman–Crippen LogP) is 5.80. The van der Waals surface area contributed by atoms with Crippen molar-refractivity contribution in [2.75, 3.05) is 13.7 Å². The van der Waals surface area contributed by atoms with Gasteiger partial charge in [-0.1, -0.05) is 64.4 Å². The molecule has 2 aliphatic rings. The lowest BCUT2D eigenvalue weighted by Crippen LogP contribution is -2.48. The van der Waals surface area contributed by atoms with E-state index in [0.717, 1.165) is 12.0 Å². The van der Waals surface area contributed by atoms with E-state index in [1.54, 1.807) is 37.5 Å². The van der Waals surface area contributed by atoms with E-state index in [4.69, 9.17) is 25.8 Å². The highest BCUT2D eigenvalue weighted by Gasteiger charge is 2.33. The number of ether oxygens (including phenoxy) is 3. The number of thiophene rings is 1. The molecule has 248 valence electrons. The van der Waals surface area contributed by atoms with Crippen molar-refractivity contribution in [1.82, 2.24) is 10.6 Å². The molecule has 45 heavy (non-hydrogen) atoms. The van der Waals surface area contributed by atoms with Crippen LogP contribution in [0, 0.1) is 17.8 Å². The van der Waals surface area contributed by atoms with E-state index >= 15 is 0 Å². The zero-order valence-electron chi connectivity index (χ0n) is 27.0. The largest absolute Gasteiger partial charge is 0.459 e. The first kappa shape index (κ1) is 36.5. The van der Waals surface area contributed by atoms with Crippen LogP contribution in [0.3, 0.4) is 0 Å². The molecule has 0 saturated heterocycles. The SMILES string of the molecule is COC1CC=C(C[C@H]2NC(=O)/C=C/C[C@@H]([C@H](C)CC(C)c3cccs3)OC(=O)[C@H](CC(C)C)OC(=O)[C@H](C)CNC2=O)C=C1Cl. The first-order chi connectivity index (χ1) is 21.4. The number of cyclic esters (lactones) is 2. The lowest BCUT2D eigenvalue weighted by Gasteiger charge is -2.28. The summed E-state index contributed by atoms with van der Waals surface area (Å²) in [5, 5.41) is 8.10. The van der Waals surface area contributed by atoms with Crippen LogP contribution in [0.4, 0.5) is 0 Å². The summed E-state index contributed by atoms with van der Waals surface area (Å²) in [6, 6.07) is 3.18. The first-order valence-electron chi connectivity index (χ1n) is 15.7. The van der Waals surface area contributed by atoms with Gasteiger partial charge in [-0.3, -0.25) is 14.4 Å². The van der Waals surface area contributed by atoms with Gasteiger partial charge in [0, 0.05) is 36.4 Å². The number of hydrogen-bond acceptors (Lipinski definition) is 8. The van der Waals surface area contributed by atoms with Crippen LogP contribution in [0.15, 0.2) is 52.4 Å². The Labute approximate surface area is 275 Å². The molecular weight excluding hydrogens is 616 g/mol. The number of nitrogens with one attached hydrogen (secondary N) is 2. The number of allylic oxidation sites excluding steroid dienone is 1. The number of carbonyl (C=O) groups is 4. The third-order valence-electron chi connectivity index (χ3n) is 8.07. The molecule has 2 heterocycles. The molecule has 7 atom stereocenters. The van der Waals surface area contributed by atoms with Gasteiger partial charge in [0.1, 0.15) is 12.1 Å². The smallest absolute Gasteiger partial charge is 0.347 e. The fraction of sp³-hybridized carbons (Fsp3) is 0.588. The number of carbonyl (C=O) groups excluding carboxylic acids is 4. The van der Waals surface area contributed by atoms with Crippen molar-refractivity contribution in [3.05, 3.63) is 57.3 Å². The Morgan fingerprint density at radius 1 is 1.09 bits per heavy atom. The summed E-state index contributed by atoms with van der Waals surface area (Å²) >= 11 is 8.05. The van der Waals surface area contributed by atoms with E-state index in [1.807, 2.05) is 38.3 Å². The molecule has 1 aliphatic carbocycles. The van der Waals surface area contributed by atoms with Crippen molar-refractivity contribution in [3.8, 4) is 0 Å². The molecule has 0 radical (unpaired) electrons. The first-order valence-corrected chi connectivity index (χ1v) is 16.9. The number of amides is 2. The van der Waals surface area contributed by atoms with Crippen LogP contribution >= 0.6 is 22.9 Å². The average Bonchev–Trinajstić information content (AvgIpc) is 3.53. The Balaban J connectivity index is 1.86. The van der Waals surface area contributed by atoms with Crippen molar-refractivity contribution in [3.63, 3.8) is 0 Å². The molecule has 1 aromatic rings. The minimum atomic E-state index is -1.08. The Kier molecular flexibility index (Phi) is 14.3. The van der Waals surface area contributed by atoms with E-state index in [2.05, 4.69) is 23.6 Å². The van der Waals surface area contributed by atoms with Gasteiger partial charge in [0.05, 0.1) is 12.0 Å². The Bertz CT molecular complexity index is 1260. The molecular formula is C34H47ClN2O7S. The molecule has 3 rings (SSSR count). The number of methoxy groups -OCH3 is 1. The average molecular weight is 663 g/mol. The van der Waals surface area contributed by atoms with Gasteiger partial charge in [-0.05, 0) is 66.2 Å². The second kappa shape index (κ2) is 17.7. The maximum Gasteiger partial charge on any atom is 0.347 e. The molecule has 2 unspecified atom stereocenters.